The van der Waals surface area contributed by atoms with Crippen LogP contribution in [-0.2, 0) is 6.54 Å². The van der Waals surface area contributed by atoms with Gasteiger partial charge >= 0.3 is 0 Å². The number of rotatable bonds is 4. The first kappa shape index (κ1) is 13.6. The van der Waals surface area contributed by atoms with Crippen LogP contribution in [0.4, 0.5) is 0 Å². The Morgan fingerprint density at radius 1 is 1.30 bits per heavy atom. The van der Waals surface area contributed by atoms with Crippen LogP contribution in [0.2, 0.25) is 0 Å². The fourth-order valence-electron chi connectivity index (χ4n) is 1.62. The zero-order valence-corrected chi connectivity index (χ0v) is 11.0. The minimum Gasteiger partial charge on any atom is -0.481 e. The lowest BCUT2D eigenvalue weighted by atomic mass is 10.1. The molecular formula is C15H13N3O2. The van der Waals surface area contributed by atoms with Gasteiger partial charge in [-0.1, -0.05) is 12.1 Å². The molecule has 1 aromatic heterocycles. The normalized spacial score (nSPS) is 9.60. The van der Waals surface area contributed by atoms with E-state index in [4.69, 9.17) is 10.00 Å². The monoisotopic (exact) mass is 267 g/mol. The van der Waals surface area contributed by atoms with E-state index in [0.717, 1.165) is 5.56 Å². The highest BCUT2D eigenvalue weighted by molar-refractivity contribution is 5.93. The second-order valence-electron chi connectivity index (χ2n) is 4.08. The summed E-state index contributed by atoms with van der Waals surface area (Å²) in [5.74, 6) is 0.262. The molecule has 5 nitrogen and oxygen atoms in total. The van der Waals surface area contributed by atoms with Crippen LogP contribution in [0.15, 0.2) is 42.6 Å². The van der Waals surface area contributed by atoms with Crippen LogP contribution in [0.3, 0.4) is 0 Å². The average molecular weight is 267 g/mol. The van der Waals surface area contributed by atoms with E-state index in [0.29, 0.717) is 23.6 Å². The van der Waals surface area contributed by atoms with Crippen molar-refractivity contribution in [2.24, 2.45) is 0 Å². The first-order chi connectivity index (χ1) is 9.72. The SMILES string of the molecule is COc1ccc(C(=O)NCc2ccc(C#N)cc2)cn1. The van der Waals surface area contributed by atoms with Gasteiger partial charge in [0.2, 0.25) is 5.88 Å². The zero-order valence-electron chi connectivity index (χ0n) is 11.0. The van der Waals surface area contributed by atoms with Crippen LogP contribution in [0, 0.1) is 11.3 Å². The molecule has 0 atom stereocenters. The number of methoxy groups -OCH3 is 1. The fraction of sp³-hybridized carbons (Fsp3) is 0.133. The van der Waals surface area contributed by atoms with Crippen molar-refractivity contribution in [1.29, 1.82) is 5.26 Å². The molecule has 0 aliphatic rings. The van der Waals surface area contributed by atoms with Crippen molar-refractivity contribution in [2.75, 3.05) is 7.11 Å². The molecule has 0 aliphatic carbocycles. The van der Waals surface area contributed by atoms with Crippen molar-refractivity contribution in [3.8, 4) is 11.9 Å². The molecule has 2 aromatic rings. The van der Waals surface area contributed by atoms with Crippen LogP contribution in [0.5, 0.6) is 5.88 Å². The van der Waals surface area contributed by atoms with E-state index < -0.39 is 0 Å². The van der Waals surface area contributed by atoms with Crippen LogP contribution >= 0.6 is 0 Å². The molecular weight excluding hydrogens is 254 g/mol. The van der Waals surface area contributed by atoms with Gasteiger partial charge in [-0.25, -0.2) is 4.98 Å². The van der Waals surface area contributed by atoms with E-state index >= 15 is 0 Å². The van der Waals surface area contributed by atoms with Gasteiger partial charge in [-0.2, -0.15) is 5.26 Å². The number of hydrogen-bond acceptors (Lipinski definition) is 4. The Morgan fingerprint density at radius 3 is 2.60 bits per heavy atom. The lowest BCUT2D eigenvalue weighted by Crippen LogP contribution is -2.22. The first-order valence-corrected chi connectivity index (χ1v) is 6.00. The molecule has 0 fully saturated rings. The van der Waals surface area contributed by atoms with E-state index in [1.165, 1.54) is 13.3 Å². The summed E-state index contributed by atoms with van der Waals surface area (Å²) in [7, 11) is 1.52. The predicted octanol–water partition coefficient (Wildman–Crippen LogP) is 1.89. The van der Waals surface area contributed by atoms with Crippen LogP contribution < -0.4 is 10.1 Å². The molecule has 1 amide bonds. The summed E-state index contributed by atoms with van der Waals surface area (Å²) >= 11 is 0. The third kappa shape index (κ3) is 3.33. The number of nitrogens with zero attached hydrogens (tertiary/aromatic N) is 2. The van der Waals surface area contributed by atoms with Crippen molar-refractivity contribution in [2.45, 2.75) is 6.54 Å². The van der Waals surface area contributed by atoms with Crippen LogP contribution in [0.25, 0.3) is 0 Å². The summed E-state index contributed by atoms with van der Waals surface area (Å²) in [4.78, 5) is 15.9. The number of ether oxygens (including phenoxy) is 1. The van der Waals surface area contributed by atoms with Gasteiger partial charge in [-0.15, -0.1) is 0 Å². The van der Waals surface area contributed by atoms with Gasteiger partial charge in [0.15, 0.2) is 0 Å². The molecule has 2 rings (SSSR count). The molecule has 100 valence electrons. The number of amides is 1. The van der Waals surface area contributed by atoms with Gasteiger partial charge in [0.05, 0.1) is 24.3 Å². The molecule has 0 unspecified atom stereocenters. The highest BCUT2D eigenvalue weighted by atomic mass is 16.5. The van der Waals surface area contributed by atoms with Gasteiger partial charge in [0, 0.05) is 18.8 Å². The van der Waals surface area contributed by atoms with Crippen molar-refractivity contribution >= 4 is 5.91 Å². The minimum absolute atomic E-state index is 0.204. The molecule has 0 spiro atoms. The van der Waals surface area contributed by atoms with Crippen molar-refractivity contribution in [3.63, 3.8) is 0 Å². The maximum atomic E-state index is 11.9. The Morgan fingerprint density at radius 2 is 2.05 bits per heavy atom. The molecule has 1 aromatic carbocycles. The van der Waals surface area contributed by atoms with Crippen LogP contribution in [0.1, 0.15) is 21.5 Å². The highest BCUT2D eigenvalue weighted by Crippen LogP contribution is 2.07. The number of benzene rings is 1. The number of carbonyl (C=O) groups is 1. The Labute approximate surface area is 116 Å². The second-order valence-corrected chi connectivity index (χ2v) is 4.08. The summed E-state index contributed by atoms with van der Waals surface area (Å²) in [5.41, 5.74) is 2.00. The van der Waals surface area contributed by atoms with Gasteiger partial charge < -0.3 is 10.1 Å². The molecule has 20 heavy (non-hydrogen) atoms. The maximum Gasteiger partial charge on any atom is 0.253 e. The number of aromatic nitrogens is 1. The van der Waals surface area contributed by atoms with E-state index in [9.17, 15) is 4.79 Å². The standard InChI is InChI=1S/C15H13N3O2/c1-20-14-7-6-13(10-17-14)15(19)18-9-12-4-2-11(8-16)3-5-12/h2-7,10H,9H2,1H3,(H,18,19). The third-order valence-corrected chi connectivity index (χ3v) is 2.74. The van der Waals surface area contributed by atoms with E-state index in [1.807, 2.05) is 18.2 Å². The Bertz CT molecular complexity index is 628. The molecule has 1 N–H and O–H groups in total. The maximum absolute atomic E-state index is 11.9. The number of nitriles is 1. The molecule has 1 heterocycles. The van der Waals surface area contributed by atoms with Crippen LogP contribution in [-0.4, -0.2) is 18.0 Å². The van der Waals surface area contributed by atoms with Crippen molar-refractivity contribution in [3.05, 3.63) is 59.3 Å². The first-order valence-electron chi connectivity index (χ1n) is 6.00. The average Bonchev–Trinajstić information content (AvgIpc) is 2.53. The fourth-order valence-corrected chi connectivity index (χ4v) is 1.62. The predicted molar refractivity (Wildman–Crippen MR) is 73.1 cm³/mol. The van der Waals surface area contributed by atoms with Gasteiger partial charge in [0.1, 0.15) is 0 Å². The van der Waals surface area contributed by atoms with E-state index in [1.54, 1.807) is 24.3 Å². The topological polar surface area (TPSA) is 75.0 Å². The molecule has 0 saturated heterocycles. The summed E-state index contributed by atoms with van der Waals surface area (Å²) in [5, 5.41) is 11.5. The number of carbonyl (C=O) groups excluding carboxylic acids is 1. The van der Waals surface area contributed by atoms with E-state index in [-0.39, 0.29) is 5.91 Å². The molecule has 0 saturated carbocycles. The van der Waals surface area contributed by atoms with Gasteiger partial charge in [-0.05, 0) is 23.8 Å². The Balaban J connectivity index is 1.95. The largest absolute Gasteiger partial charge is 0.481 e. The summed E-state index contributed by atoms with van der Waals surface area (Å²) in [6, 6.07) is 12.4. The summed E-state index contributed by atoms with van der Waals surface area (Å²) in [6.07, 6.45) is 1.47. The lowest BCUT2D eigenvalue weighted by Gasteiger charge is -2.06. The number of hydrogen-bond donors (Lipinski definition) is 1. The molecule has 5 heteroatoms. The third-order valence-electron chi connectivity index (χ3n) is 2.74. The van der Waals surface area contributed by atoms with E-state index in [2.05, 4.69) is 10.3 Å². The highest BCUT2D eigenvalue weighted by Gasteiger charge is 2.06. The molecule has 0 radical (unpaired) electrons. The lowest BCUT2D eigenvalue weighted by molar-refractivity contribution is 0.0950. The quantitative estimate of drug-likeness (QED) is 0.917. The van der Waals surface area contributed by atoms with Crippen molar-refractivity contribution < 1.29 is 9.53 Å². The Hall–Kier alpha value is -2.87. The summed E-state index contributed by atoms with van der Waals surface area (Å²) < 4.78 is 4.93. The van der Waals surface area contributed by atoms with Gasteiger partial charge in [0.25, 0.3) is 5.91 Å². The van der Waals surface area contributed by atoms with Crippen molar-refractivity contribution in [1.82, 2.24) is 10.3 Å². The number of pyridine rings is 1. The minimum atomic E-state index is -0.204. The number of nitrogens with one attached hydrogen (secondary N) is 1. The van der Waals surface area contributed by atoms with Gasteiger partial charge in [-0.3, -0.25) is 4.79 Å². The zero-order chi connectivity index (χ0) is 14.4. The molecule has 0 bridgehead atoms. The second kappa shape index (κ2) is 6.34. The summed E-state index contributed by atoms with van der Waals surface area (Å²) in [6.45, 7) is 0.399. The smallest absolute Gasteiger partial charge is 0.253 e. The Kier molecular flexibility index (Phi) is 4.30. The molecule has 0 aliphatic heterocycles.